The first-order chi connectivity index (χ1) is 6.13. The largest absolute Gasteiger partial charge is 0.385 e. The highest BCUT2D eigenvalue weighted by molar-refractivity contribution is 5.08. The lowest BCUT2D eigenvalue weighted by atomic mass is 10.1. The van der Waals surface area contributed by atoms with Crippen LogP contribution in [0, 0.1) is 5.92 Å². The minimum atomic E-state index is -0.506. The SMILES string of the molecule is CCC(O)c1cc(CC(C)C)no1. The van der Waals surface area contributed by atoms with E-state index in [-0.39, 0.29) is 0 Å². The second kappa shape index (κ2) is 4.42. The van der Waals surface area contributed by atoms with Crippen LogP contribution in [0.25, 0.3) is 0 Å². The van der Waals surface area contributed by atoms with Crippen LogP contribution in [-0.2, 0) is 6.42 Å². The number of aromatic nitrogens is 1. The van der Waals surface area contributed by atoms with Crippen LogP contribution in [0.15, 0.2) is 10.6 Å². The third-order valence-corrected chi connectivity index (χ3v) is 1.91. The van der Waals surface area contributed by atoms with Gasteiger partial charge in [-0.2, -0.15) is 0 Å². The van der Waals surface area contributed by atoms with Crippen molar-refractivity contribution in [2.24, 2.45) is 5.92 Å². The van der Waals surface area contributed by atoms with E-state index in [0.717, 1.165) is 12.1 Å². The Morgan fingerprint density at radius 3 is 2.77 bits per heavy atom. The van der Waals surface area contributed by atoms with E-state index in [2.05, 4.69) is 19.0 Å². The van der Waals surface area contributed by atoms with E-state index >= 15 is 0 Å². The first-order valence-electron chi connectivity index (χ1n) is 4.77. The molecule has 0 spiro atoms. The minimum absolute atomic E-state index is 0.506. The summed E-state index contributed by atoms with van der Waals surface area (Å²) in [7, 11) is 0. The molecule has 0 fully saturated rings. The molecule has 0 saturated carbocycles. The molecule has 1 aromatic heterocycles. The van der Waals surface area contributed by atoms with Gasteiger partial charge in [-0.05, 0) is 18.8 Å². The van der Waals surface area contributed by atoms with E-state index < -0.39 is 6.10 Å². The van der Waals surface area contributed by atoms with Crippen molar-refractivity contribution in [3.63, 3.8) is 0 Å². The summed E-state index contributed by atoms with van der Waals surface area (Å²) >= 11 is 0. The number of hydrogen-bond acceptors (Lipinski definition) is 3. The lowest BCUT2D eigenvalue weighted by Gasteiger charge is -1.99. The third-order valence-electron chi connectivity index (χ3n) is 1.91. The van der Waals surface area contributed by atoms with Gasteiger partial charge in [0.2, 0.25) is 0 Å². The normalized spacial score (nSPS) is 13.6. The van der Waals surface area contributed by atoms with Crippen molar-refractivity contribution in [1.82, 2.24) is 5.16 Å². The summed E-state index contributed by atoms with van der Waals surface area (Å²) in [5, 5.41) is 13.3. The Labute approximate surface area is 78.7 Å². The number of rotatable bonds is 4. The molecule has 1 atom stereocenters. The van der Waals surface area contributed by atoms with Gasteiger partial charge in [-0.3, -0.25) is 0 Å². The van der Waals surface area contributed by atoms with Gasteiger partial charge in [-0.25, -0.2) is 0 Å². The molecule has 1 N–H and O–H groups in total. The fraction of sp³-hybridized carbons (Fsp3) is 0.700. The lowest BCUT2D eigenvalue weighted by molar-refractivity contribution is 0.135. The first-order valence-corrected chi connectivity index (χ1v) is 4.77. The quantitative estimate of drug-likeness (QED) is 0.779. The summed E-state index contributed by atoms with van der Waals surface area (Å²) in [6.07, 6.45) is 1.06. The molecule has 13 heavy (non-hydrogen) atoms. The maximum Gasteiger partial charge on any atom is 0.165 e. The molecule has 74 valence electrons. The van der Waals surface area contributed by atoms with Gasteiger partial charge in [-0.1, -0.05) is 25.9 Å². The molecule has 0 aliphatic heterocycles. The third kappa shape index (κ3) is 2.84. The second-order valence-electron chi connectivity index (χ2n) is 3.74. The molecule has 1 rings (SSSR count). The van der Waals surface area contributed by atoms with Crippen LogP contribution in [0.3, 0.4) is 0 Å². The topological polar surface area (TPSA) is 46.3 Å². The van der Waals surface area contributed by atoms with Gasteiger partial charge in [-0.15, -0.1) is 0 Å². The fourth-order valence-electron chi connectivity index (χ4n) is 1.20. The fourth-order valence-corrected chi connectivity index (χ4v) is 1.20. The molecular formula is C10H17NO2. The van der Waals surface area contributed by atoms with E-state index in [1.807, 2.05) is 13.0 Å². The van der Waals surface area contributed by atoms with Crippen molar-refractivity contribution < 1.29 is 9.63 Å². The number of aliphatic hydroxyl groups is 1. The van der Waals surface area contributed by atoms with Gasteiger partial charge in [0.1, 0.15) is 6.10 Å². The predicted octanol–water partition coefficient (Wildman–Crippen LogP) is 2.32. The van der Waals surface area contributed by atoms with Crippen LogP contribution in [0.4, 0.5) is 0 Å². The van der Waals surface area contributed by atoms with Crippen molar-refractivity contribution in [2.45, 2.75) is 39.7 Å². The zero-order valence-electron chi connectivity index (χ0n) is 8.45. The molecule has 3 heteroatoms. The van der Waals surface area contributed by atoms with E-state index in [0.29, 0.717) is 18.1 Å². The monoisotopic (exact) mass is 183 g/mol. The molecular weight excluding hydrogens is 166 g/mol. The van der Waals surface area contributed by atoms with E-state index in [1.54, 1.807) is 0 Å². The molecule has 1 aromatic rings. The molecule has 1 unspecified atom stereocenters. The Morgan fingerprint density at radius 1 is 1.54 bits per heavy atom. The molecule has 0 aromatic carbocycles. The highest BCUT2D eigenvalue weighted by Crippen LogP contribution is 2.18. The number of nitrogens with zero attached hydrogens (tertiary/aromatic N) is 1. The molecule has 0 amide bonds. The van der Waals surface area contributed by atoms with Gasteiger partial charge in [0.05, 0.1) is 5.69 Å². The molecule has 3 nitrogen and oxygen atoms in total. The first kappa shape index (κ1) is 10.3. The Morgan fingerprint density at radius 2 is 2.23 bits per heavy atom. The van der Waals surface area contributed by atoms with Crippen LogP contribution >= 0.6 is 0 Å². The summed E-state index contributed by atoms with van der Waals surface area (Å²) in [6.45, 7) is 6.17. The minimum Gasteiger partial charge on any atom is -0.385 e. The van der Waals surface area contributed by atoms with Gasteiger partial charge < -0.3 is 9.63 Å². The second-order valence-corrected chi connectivity index (χ2v) is 3.74. The van der Waals surface area contributed by atoms with Crippen LogP contribution in [0.5, 0.6) is 0 Å². The average Bonchev–Trinajstić information content (AvgIpc) is 2.50. The smallest absolute Gasteiger partial charge is 0.165 e. The maximum atomic E-state index is 9.44. The Kier molecular flexibility index (Phi) is 3.48. The molecule has 0 aliphatic carbocycles. The molecule has 0 bridgehead atoms. The van der Waals surface area contributed by atoms with Gasteiger partial charge in [0, 0.05) is 6.07 Å². The average molecular weight is 183 g/mol. The summed E-state index contributed by atoms with van der Waals surface area (Å²) in [5.74, 6) is 1.15. The van der Waals surface area contributed by atoms with Crippen LogP contribution < -0.4 is 0 Å². The Bertz CT molecular complexity index is 255. The van der Waals surface area contributed by atoms with Gasteiger partial charge >= 0.3 is 0 Å². The lowest BCUT2D eigenvalue weighted by Crippen LogP contribution is -1.94. The molecule has 0 saturated heterocycles. The Balaban J connectivity index is 2.63. The standard InChI is InChI=1S/C10H17NO2/c1-4-9(12)10-6-8(11-13-10)5-7(2)3/h6-7,9,12H,4-5H2,1-3H3. The van der Waals surface area contributed by atoms with Gasteiger partial charge in [0.25, 0.3) is 0 Å². The van der Waals surface area contributed by atoms with Crippen molar-refractivity contribution in [2.75, 3.05) is 0 Å². The zero-order chi connectivity index (χ0) is 9.84. The summed E-state index contributed by atoms with van der Waals surface area (Å²) in [4.78, 5) is 0. The van der Waals surface area contributed by atoms with Crippen molar-refractivity contribution in [1.29, 1.82) is 0 Å². The number of hydrogen-bond donors (Lipinski definition) is 1. The van der Waals surface area contributed by atoms with E-state index in [1.165, 1.54) is 0 Å². The maximum absolute atomic E-state index is 9.44. The summed E-state index contributed by atoms with van der Waals surface area (Å²) in [6, 6.07) is 1.84. The van der Waals surface area contributed by atoms with E-state index in [9.17, 15) is 5.11 Å². The molecule has 0 radical (unpaired) electrons. The van der Waals surface area contributed by atoms with Crippen molar-refractivity contribution >= 4 is 0 Å². The van der Waals surface area contributed by atoms with Crippen LogP contribution in [0.1, 0.15) is 44.8 Å². The van der Waals surface area contributed by atoms with E-state index in [4.69, 9.17) is 4.52 Å². The van der Waals surface area contributed by atoms with Crippen molar-refractivity contribution in [3.05, 3.63) is 17.5 Å². The zero-order valence-corrected chi connectivity index (χ0v) is 8.45. The highest BCUT2D eigenvalue weighted by Gasteiger charge is 2.12. The summed E-state index contributed by atoms with van der Waals surface area (Å²) in [5.41, 5.74) is 0.928. The molecule has 1 heterocycles. The van der Waals surface area contributed by atoms with Crippen molar-refractivity contribution in [3.8, 4) is 0 Å². The van der Waals surface area contributed by atoms with Crippen LogP contribution in [0.2, 0.25) is 0 Å². The Hall–Kier alpha value is -0.830. The highest BCUT2D eigenvalue weighted by atomic mass is 16.5. The number of aliphatic hydroxyl groups excluding tert-OH is 1. The van der Waals surface area contributed by atoms with Crippen LogP contribution in [-0.4, -0.2) is 10.3 Å². The van der Waals surface area contributed by atoms with Gasteiger partial charge in [0.15, 0.2) is 5.76 Å². The summed E-state index contributed by atoms with van der Waals surface area (Å²) < 4.78 is 5.02. The molecule has 0 aliphatic rings. The predicted molar refractivity (Wildman–Crippen MR) is 50.3 cm³/mol.